The number of benzene rings is 8. The summed E-state index contributed by atoms with van der Waals surface area (Å²) in [6.07, 6.45) is 0. The molecule has 4 aromatic heterocycles. The maximum Gasteiger partial charge on any atom is 0.160 e. The Morgan fingerprint density at radius 2 is 0.842 bits per heavy atom. The maximum absolute atomic E-state index is 6.56. The number of nitrogens with zero attached hydrogens (tertiary/aromatic N) is 3. The number of fused-ring (bicyclic) bond motifs is 9. The van der Waals surface area contributed by atoms with Gasteiger partial charge in [-0.1, -0.05) is 115 Å². The molecule has 4 heterocycles. The molecule has 0 radical (unpaired) electrons. The molecule has 0 saturated heterocycles. The van der Waals surface area contributed by atoms with Crippen molar-refractivity contribution in [3.63, 3.8) is 0 Å². The lowest BCUT2D eigenvalue weighted by molar-refractivity contribution is 0.656. The highest BCUT2D eigenvalue weighted by molar-refractivity contribution is 6.16. The van der Waals surface area contributed by atoms with Crippen molar-refractivity contribution in [2.75, 3.05) is 0 Å². The van der Waals surface area contributed by atoms with Crippen LogP contribution in [0.2, 0.25) is 0 Å². The third-order valence-corrected chi connectivity index (χ3v) is 11.2. The second-order valence-electron chi connectivity index (χ2n) is 14.6. The SMILES string of the molecule is c1ccc(-c2cc(-c3ccc4c(c3)oc3cc5oc6cc(-c7ccc8c(c7)c7ccccc7n8-c7ccccc7)ccc6c5cc34)nc(-c3ccccc3)n2)cc1. The van der Waals surface area contributed by atoms with Crippen molar-refractivity contribution in [2.45, 2.75) is 0 Å². The van der Waals surface area contributed by atoms with Crippen molar-refractivity contribution >= 4 is 65.7 Å². The summed E-state index contributed by atoms with van der Waals surface area (Å²) in [5.74, 6) is 0.684. The Hall–Kier alpha value is -7.76. The van der Waals surface area contributed by atoms with Gasteiger partial charge in [-0.25, -0.2) is 9.97 Å². The largest absolute Gasteiger partial charge is 0.456 e. The topological polar surface area (TPSA) is 57.0 Å². The van der Waals surface area contributed by atoms with Crippen LogP contribution in [0.3, 0.4) is 0 Å². The van der Waals surface area contributed by atoms with E-state index in [9.17, 15) is 0 Å². The van der Waals surface area contributed by atoms with Crippen LogP contribution in [0.15, 0.2) is 197 Å². The molecule has 0 unspecified atom stereocenters. The molecule has 5 heteroatoms. The third-order valence-electron chi connectivity index (χ3n) is 11.2. The molecule has 8 aromatic carbocycles. The summed E-state index contributed by atoms with van der Waals surface area (Å²) in [5, 5.41) is 6.69. The molecule has 0 aliphatic rings. The van der Waals surface area contributed by atoms with E-state index in [-0.39, 0.29) is 0 Å². The number of hydrogen-bond acceptors (Lipinski definition) is 4. The number of para-hydroxylation sites is 2. The van der Waals surface area contributed by atoms with Crippen molar-refractivity contribution in [1.29, 1.82) is 0 Å². The van der Waals surface area contributed by atoms with Gasteiger partial charge >= 0.3 is 0 Å². The molecule has 5 nitrogen and oxygen atoms in total. The van der Waals surface area contributed by atoms with Crippen LogP contribution in [0.5, 0.6) is 0 Å². The molecule has 0 atom stereocenters. The molecule has 12 aromatic rings. The Kier molecular flexibility index (Phi) is 6.86. The average molecular weight is 730 g/mol. The summed E-state index contributed by atoms with van der Waals surface area (Å²) in [6, 6.07) is 65.5. The Morgan fingerprint density at radius 1 is 0.316 bits per heavy atom. The molecule has 0 fully saturated rings. The molecule has 0 spiro atoms. The van der Waals surface area contributed by atoms with E-state index in [0.29, 0.717) is 5.82 Å². The molecular weight excluding hydrogens is 699 g/mol. The highest BCUT2D eigenvalue weighted by Gasteiger charge is 2.18. The van der Waals surface area contributed by atoms with Crippen LogP contribution in [0.25, 0.3) is 116 Å². The van der Waals surface area contributed by atoms with Crippen LogP contribution in [-0.2, 0) is 0 Å². The summed E-state index contributed by atoms with van der Waals surface area (Å²) < 4.78 is 15.5. The minimum Gasteiger partial charge on any atom is -0.456 e. The minimum absolute atomic E-state index is 0.684. The number of rotatable bonds is 5. The van der Waals surface area contributed by atoms with E-state index < -0.39 is 0 Å². The quantitative estimate of drug-likeness (QED) is 0.177. The van der Waals surface area contributed by atoms with E-state index in [0.717, 1.165) is 88.8 Å². The van der Waals surface area contributed by atoms with Gasteiger partial charge in [-0.3, -0.25) is 0 Å². The molecular formula is C52H31N3O2. The van der Waals surface area contributed by atoms with Crippen molar-refractivity contribution < 1.29 is 8.83 Å². The zero-order valence-corrected chi connectivity index (χ0v) is 30.6. The zero-order valence-electron chi connectivity index (χ0n) is 30.6. The van der Waals surface area contributed by atoms with E-state index in [4.69, 9.17) is 18.8 Å². The Balaban J connectivity index is 0.938. The number of furan rings is 2. The Labute approximate surface area is 326 Å². The first-order valence-electron chi connectivity index (χ1n) is 19.1. The first-order chi connectivity index (χ1) is 28.2. The van der Waals surface area contributed by atoms with E-state index in [1.165, 1.54) is 21.8 Å². The van der Waals surface area contributed by atoms with Gasteiger partial charge in [0.15, 0.2) is 5.82 Å². The fraction of sp³-hybridized carbons (Fsp3) is 0. The van der Waals surface area contributed by atoms with Crippen LogP contribution in [-0.4, -0.2) is 14.5 Å². The van der Waals surface area contributed by atoms with Crippen LogP contribution >= 0.6 is 0 Å². The number of hydrogen-bond donors (Lipinski definition) is 0. The molecule has 12 rings (SSSR count). The molecule has 0 bridgehead atoms. The van der Waals surface area contributed by atoms with Crippen LogP contribution in [0, 0.1) is 0 Å². The monoisotopic (exact) mass is 729 g/mol. The molecule has 0 amide bonds. The van der Waals surface area contributed by atoms with Crippen molar-refractivity contribution in [3.05, 3.63) is 188 Å². The second kappa shape index (κ2) is 12.4. The van der Waals surface area contributed by atoms with Gasteiger partial charge < -0.3 is 13.4 Å². The predicted octanol–water partition coefficient (Wildman–Crippen LogP) is 14.0. The van der Waals surface area contributed by atoms with E-state index >= 15 is 0 Å². The first kappa shape index (κ1) is 31.6. The zero-order chi connectivity index (χ0) is 37.5. The van der Waals surface area contributed by atoms with Crippen LogP contribution in [0.1, 0.15) is 0 Å². The lowest BCUT2D eigenvalue weighted by Gasteiger charge is -2.09. The highest BCUT2D eigenvalue weighted by atomic mass is 16.3. The smallest absolute Gasteiger partial charge is 0.160 e. The summed E-state index contributed by atoms with van der Waals surface area (Å²) >= 11 is 0. The summed E-state index contributed by atoms with van der Waals surface area (Å²) in [5.41, 5.74) is 13.7. The van der Waals surface area contributed by atoms with Gasteiger partial charge in [0.05, 0.1) is 22.4 Å². The van der Waals surface area contributed by atoms with E-state index in [1.807, 2.05) is 54.6 Å². The molecule has 0 saturated carbocycles. The van der Waals surface area contributed by atoms with Crippen molar-refractivity contribution in [2.24, 2.45) is 0 Å². The van der Waals surface area contributed by atoms with Crippen LogP contribution < -0.4 is 0 Å². The first-order valence-corrected chi connectivity index (χ1v) is 19.1. The third kappa shape index (κ3) is 5.10. The molecule has 57 heavy (non-hydrogen) atoms. The summed E-state index contributed by atoms with van der Waals surface area (Å²) in [6.45, 7) is 0. The van der Waals surface area contributed by atoms with Crippen molar-refractivity contribution in [1.82, 2.24) is 14.5 Å². The molecule has 0 N–H and O–H groups in total. The van der Waals surface area contributed by atoms with Gasteiger partial charge in [0.25, 0.3) is 0 Å². The van der Waals surface area contributed by atoms with Crippen LogP contribution in [0.4, 0.5) is 0 Å². The standard InChI is InChI=1S/C52H31N3O2/c1-4-12-32(13-5-1)44-30-45(54-52(53-44)33-14-6-2-7-15-33)36-21-24-40-43-29-42-39-23-20-35(27-48(39)56-50(42)31-51(43)57-49(40)28-36)34-22-25-47-41(26-34)38-18-10-11-19-46(38)55(47)37-16-8-3-9-17-37/h1-31H. The molecule has 0 aliphatic heterocycles. The molecule has 0 aliphatic carbocycles. The Bertz CT molecular complexity index is 3450. The van der Waals surface area contributed by atoms with Crippen molar-refractivity contribution in [3.8, 4) is 50.7 Å². The number of aromatic nitrogens is 3. The molecule has 266 valence electrons. The van der Waals surface area contributed by atoms with Gasteiger partial charge in [0.2, 0.25) is 0 Å². The van der Waals surface area contributed by atoms with Gasteiger partial charge in [-0.15, -0.1) is 0 Å². The predicted molar refractivity (Wildman–Crippen MR) is 233 cm³/mol. The lowest BCUT2D eigenvalue weighted by atomic mass is 10.0. The van der Waals surface area contributed by atoms with Gasteiger partial charge in [-0.2, -0.15) is 0 Å². The lowest BCUT2D eigenvalue weighted by Crippen LogP contribution is -1.95. The average Bonchev–Trinajstić information content (AvgIpc) is 3.94. The maximum atomic E-state index is 6.56. The normalized spacial score (nSPS) is 11.9. The Morgan fingerprint density at radius 3 is 1.56 bits per heavy atom. The van der Waals surface area contributed by atoms with E-state index in [2.05, 4.69) is 138 Å². The van der Waals surface area contributed by atoms with Gasteiger partial charge in [-0.05, 0) is 77.9 Å². The highest BCUT2D eigenvalue weighted by Crippen LogP contribution is 2.40. The van der Waals surface area contributed by atoms with Gasteiger partial charge in [0, 0.05) is 60.8 Å². The fourth-order valence-electron chi connectivity index (χ4n) is 8.46. The minimum atomic E-state index is 0.684. The van der Waals surface area contributed by atoms with Gasteiger partial charge in [0.1, 0.15) is 22.3 Å². The summed E-state index contributed by atoms with van der Waals surface area (Å²) in [7, 11) is 0. The summed E-state index contributed by atoms with van der Waals surface area (Å²) in [4.78, 5) is 9.99. The van der Waals surface area contributed by atoms with E-state index in [1.54, 1.807) is 0 Å². The second-order valence-corrected chi connectivity index (χ2v) is 14.6. The fourth-order valence-corrected chi connectivity index (χ4v) is 8.46.